The van der Waals surface area contributed by atoms with Gasteiger partial charge in [0.15, 0.2) is 5.78 Å². The van der Waals surface area contributed by atoms with E-state index in [9.17, 15) is 14.0 Å². The minimum atomic E-state index is -0.236. The van der Waals surface area contributed by atoms with Crippen molar-refractivity contribution in [3.63, 3.8) is 0 Å². The summed E-state index contributed by atoms with van der Waals surface area (Å²) < 4.78 is 14.1. The second-order valence-electron chi connectivity index (χ2n) is 6.61. The van der Waals surface area contributed by atoms with Crippen LogP contribution in [-0.2, 0) is 4.79 Å². The first-order chi connectivity index (χ1) is 12.6. The van der Waals surface area contributed by atoms with E-state index in [4.69, 9.17) is 0 Å². The van der Waals surface area contributed by atoms with Gasteiger partial charge in [-0.15, -0.1) is 11.3 Å². The fourth-order valence-electron chi connectivity index (χ4n) is 3.30. The van der Waals surface area contributed by atoms with Crippen molar-refractivity contribution in [3.05, 3.63) is 58.0 Å². The van der Waals surface area contributed by atoms with E-state index in [1.807, 2.05) is 30.6 Å². The maximum absolute atomic E-state index is 14.1. The lowest BCUT2D eigenvalue weighted by Gasteiger charge is -2.39. The summed E-state index contributed by atoms with van der Waals surface area (Å²) in [4.78, 5) is 29.2. The Hall–Kier alpha value is -2.05. The Kier molecular flexibility index (Phi) is 6.16. The van der Waals surface area contributed by atoms with Gasteiger partial charge in [-0.3, -0.25) is 14.5 Å². The molecule has 0 spiro atoms. The van der Waals surface area contributed by atoms with Crippen molar-refractivity contribution in [2.45, 2.75) is 25.3 Å². The summed E-state index contributed by atoms with van der Waals surface area (Å²) in [5.41, 5.74) is 0.625. The minimum Gasteiger partial charge on any atom is -0.339 e. The SMILES string of the molecule is CN1CCN(C(=O)CCCC(=O)c2cccs2)CC1c1ccccc1F. The molecular formula is C20H23FN2O2S. The first-order valence-electron chi connectivity index (χ1n) is 8.85. The van der Waals surface area contributed by atoms with Crippen molar-refractivity contribution in [1.82, 2.24) is 9.80 Å². The Labute approximate surface area is 157 Å². The van der Waals surface area contributed by atoms with Crippen molar-refractivity contribution in [2.24, 2.45) is 0 Å². The zero-order valence-corrected chi connectivity index (χ0v) is 15.7. The number of hydrogen-bond donors (Lipinski definition) is 0. The fraction of sp³-hybridized carbons (Fsp3) is 0.400. The summed E-state index contributed by atoms with van der Waals surface area (Å²) in [6, 6.07) is 10.3. The largest absolute Gasteiger partial charge is 0.339 e. The molecule has 1 aliphatic rings. The van der Waals surface area contributed by atoms with Gasteiger partial charge in [0.25, 0.3) is 0 Å². The van der Waals surface area contributed by atoms with Crippen LogP contribution in [0.3, 0.4) is 0 Å². The topological polar surface area (TPSA) is 40.6 Å². The van der Waals surface area contributed by atoms with Crippen molar-refractivity contribution < 1.29 is 14.0 Å². The molecule has 1 aromatic heterocycles. The lowest BCUT2D eigenvalue weighted by molar-refractivity contribution is -0.134. The average molecular weight is 374 g/mol. The molecule has 1 atom stereocenters. The Morgan fingerprint density at radius 3 is 2.69 bits per heavy atom. The molecule has 3 rings (SSSR count). The molecule has 0 bridgehead atoms. The summed E-state index contributed by atoms with van der Waals surface area (Å²) in [5, 5.41) is 1.88. The van der Waals surface area contributed by atoms with E-state index in [1.165, 1.54) is 17.4 Å². The number of hydrogen-bond acceptors (Lipinski definition) is 4. The van der Waals surface area contributed by atoms with E-state index in [0.29, 0.717) is 44.5 Å². The number of Topliss-reactive ketones (excluding diaryl/α,β-unsaturated/α-hetero) is 1. The normalized spacial score (nSPS) is 18.1. The quantitative estimate of drug-likeness (QED) is 0.723. The number of likely N-dealkylation sites (N-methyl/N-ethyl adjacent to an activating group) is 1. The highest BCUT2D eigenvalue weighted by atomic mass is 32.1. The molecule has 1 fully saturated rings. The minimum absolute atomic E-state index is 0.0402. The molecule has 1 aromatic carbocycles. The molecule has 2 heterocycles. The smallest absolute Gasteiger partial charge is 0.222 e. The van der Waals surface area contributed by atoms with Gasteiger partial charge in [0.1, 0.15) is 5.82 Å². The van der Waals surface area contributed by atoms with Crippen LogP contribution in [0.2, 0.25) is 0 Å². The Morgan fingerprint density at radius 1 is 1.15 bits per heavy atom. The predicted octanol–water partition coefficient (Wildman–Crippen LogP) is 3.76. The van der Waals surface area contributed by atoms with E-state index in [-0.39, 0.29) is 23.5 Å². The number of carbonyl (C=O) groups is 2. The molecule has 138 valence electrons. The van der Waals surface area contributed by atoms with E-state index >= 15 is 0 Å². The molecule has 6 heteroatoms. The van der Waals surface area contributed by atoms with Crippen molar-refractivity contribution in [2.75, 3.05) is 26.7 Å². The fourth-order valence-corrected chi connectivity index (χ4v) is 3.99. The van der Waals surface area contributed by atoms with E-state index in [1.54, 1.807) is 17.0 Å². The molecule has 2 aromatic rings. The summed E-state index contributed by atoms with van der Waals surface area (Å²) in [6.07, 6.45) is 1.29. The van der Waals surface area contributed by atoms with Gasteiger partial charge in [0.2, 0.25) is 5.91 Å². The molecule has 1 amide bonds. The van der Waals surface area contributed by atoms with Gasteiger partial charge in [-0.05, 0) is 31.0 Å². The molecule has 4 nitrogen and oxygen atoms in total. The Morgan fingerprint density at radius 2 is 1.96 bits per heavy atom. The van der Waals surface area contributed by atoms with Crippen LogP contribution in [0, 0.1) is 5.82 Å². The van der Waals surface area contributed by atoms with E-state index in [2.05, 4.69) is 4.90 Å². The van der Waals surface area contributed by atoms with Crippen LogP contribution >= 0.6 is 11.3 Å². The highest BCUT2D eigenvalue weighted by molar-refractivity contribution is 7.12. The monoisotopic (exact) mass is 374 g/mol. The second kappa shape index (κ2) is 8.56. The number of halogens is 1. The van der Waals surface area contributed by atoms with Crippen molar-refractivity contribution in [1.29, 1.82) is 0 Å². The van der Waals surface area contributed by atoms with Gasteiger partial charge in [-0.25, -0.2) is 4.39 Å². The lowest BCUT2D eigenvalue weighted by Crippen LogP contribution is -2.49. The van der Waals surface area contributed by atoms with Gasteiger partial charge < -0.3 is 4.90 Å². The van der Waals surface area contributed by atoms with E-state index in [0.717, 1.165) is 4.88 Å². The molecule has 0 aliphatic carbocycles. The van der Waals surface area contributed by atoms with Crippen molar-refractivity contribution >= 4 is 23.0 Å². The molecular weight excluding hydrogens is 351 g/mol. The number of thiophene rings is 1. The average Bonchev–Trinajstić information content (AvgIpc) is 3.17. The van der Waals surface area contributed by atoms with Gasteiger partial charge in [0.05, 0.1) is 10.9 Å². The third kappa shape index (κ3) is 4.37. The lowest BCUT2D eigenvalue weighted by atomic mass is 10.0. The standard InChI is InChI=1S/C20H23FN2O2S/c1-22-11-12-23(14-17(22)15-6-2-3-7-16(15)21)20(25)10-4-8-18(24)19-9-5-13-26-19/h2-3,5-7,9,13,17H,4,8,10-12,14H2,1H3. The number of nitrogens with zero attached hydrogens (tertiary/aromatic N) is 2. The number of carbonyl (C=O) groups excluding carboxylic acids is 2. The van der Waals surface area contributed by atoms with Gasteiger partial charge in [-0.2, -0.15) is 0 Å². The molecule has 1 saturated heterocycles. The number of rotatable bonds is 6. The Bertz CT molecular complexity index is 763. The van der Waals surface area contributed by atoms with Gasteiger partial charge in [0, 0.05) is 38.0 Å². The van der Waals surface area contributed by atoms with Gasteiger partial charge in [-0.1, -0.05) is 24.3 Å². The van der Waals surface area contributed by atoms with Crippen LogP contribution in [0.25, 0.3) is 0 Å². The summed E-state index contributed by atoms with van der Waals surface area (Å²) in [7, 11) is 1.96. The zero-order valence-electron chi connectivity index (χ0n) is 14.9. The van der Waals surface area contributed by atoms with Crippen LogP contribution in [0.15, 0.2) is 41.8 Å². The predicted molar refractivity (Wildman–Crippen MR) is 101 cm³/mol. The van der Waals surface area contributed by atoms with Crippen LogP contribution < -0.4 is 0 Å². The number of benzene rings is 1. The molecule has 0 N–H and O–H groups in total. The van der Waals surface area contributed by atoms with Crippen LogP contribution in [-0.4, -0.2) is 48.2 Å². The third-order valence-electron chi connectivity index (χ3n) is 4.86. The maximum Gasteiger partial charge on any atom is 0.222 e. The van der Waals surface area contributed by atoms with Gasteiger partial charge >= 0.3 is 0 Å². The van der Waals surface area contributed by atoms with Crippen LogP contribution in [0.5, 0.6) is 0 Å². The summed E-state index contributed by atoms with van der Waals surface area (Å²) in [5.74, 6) is -0.103. The molecule has 1 aliphatic heterocycles. The third-order valence-corrected chi connectivity index (χ3v) is 5.77. The van der Waals surface area contributed by atoms with Crippen LogP contribution in [0.4, 0.5) is 4.39 Å². The first kappa shape index (κ1) is 18.7. The highest BCUT2D eigenvalue weighted by Crippen LogP contribution is 2.26. The number of ketones is 1. The molecule has 1 unspecified atom stereocenters. The zero-order chi connectivity index (χ0) is 18.5. The second-order valence-corrected chi connectivity index (χ2v) is 7.56. The Balaban J connectivity index is 1.54. The summed E-state index contributed by atoms with van der Waals surface area (Å²) in [6.45, 7) is 1.83. The van der Waals surface area contributed by atoms with E-state index < -0.39 is 0 Å². The molecule has 0 saturated carbocycles. The highest BCUT2D eigenvalue weighted by Gasteiger charge is 2.29. The summed E-state index contributed by atoms with van der Waals surface area (Å²) >= 11 is 1.43. The molecule has 26 heavy (non-hydrogen) atoms. The first-order valence-corrected chi connectivity index (χ1v) is 9.73. The number of piperazine rings is 1. The molecule has 0 radical (unpaired) electrons. The van der Waals surface area contributed by atoms with Crippen molar-refractivity contribution in [3.8, 4) is 0 Å². The van der Waals surface area contributed by atoms with Crippen LogP contribution in [0.1, 0.15) is 40.5 Å². The number of amides is 1. The maximum atomic E-state index is 14.1.